The molecule has 0 aliphatic heterocycles. The lowest BCUT2D eigenvalue weighted by atomic mass is 9.70. The van der Waals surface area contributed by atoms with Crippen molar-refractivity contribution in [1.82, 2.24) is 0 Å². The second-order valence-corrected chi connectivity index (χ2v) is 6.52. The Morgan fingerprint density at radius 1 is 1.27 bits per heavy atom. The van der Waals surface area contributed by atoms with Crippen LogP contribution >= 0.6 is 0 Å². The molecular weight excluding hydrogens is 182 g/mol. The van der Waals surface area contributed by atoms with Crippen LogP contribution in [-0.4, -0.2) is 0 Å². The molecule has 0 saturated carbocycles. The summed E-state index contributed by atoms with van der Waals surface area (Å²) >= 11 is 0. The summed E-state index contributed by atoms with van der Waals surface area (Å²) < 4.78 is 8.62. The first kappa shape index (κ1) is 10.8. The summed E-state index contributed by atoms with van der Waals surface area (Å²) in [7, 11) is 0. The summed E-state index contributed by atoms with van der Waals surface area (Å²) in [6.07, 6.45) is 4.72. The lowest BCUT2D eigenvalue weighted by Gasteiger charge is -2.35. The largest absolute Gasteiger partial charge is 0.399 e. The quantitative estimate of drug-likeness (QED) is 0.642. The topological polar surface area (TPSA) is 26.0 Å². The van der Waals surface area contributed by atoms with Gasteiger partial charge in [-0.25, -0.2) is 0 Å². The molecule has 1 nitrogen and oxygen atoms in total. The molecule has 0 spiro atoms. The minimum Gasteiger partial charge on any atom is -0.399 e. The molecule has 0 radical (unpaired) electrons. The van der Waals surface area contributed by atoms with Crippen LogP contribution in [0.3, 0.4) is 0 Å². The molecule has 0 bridgehead atoms. The number of rotatable bonds is 0. The Morgan fingerprint density at radius 2 is 1.80 bits per heavy atom. The zero-order valence-corrected chi connectivity index (χ0v) is 10.9. The van der Waals surface area contributed by atoms with Crippen molar-refractivity contribution in [1.29, 1.82) is 0 Å². The minimum absolute atomic E-state index is 0.0937. The SMILES string of the molecule is [2H]C1(C(C)(C)C)C=C(N)C=C(C(C)(C)C)C1. The highest BCUT2D eigenvalue weighted by Crippen LogP contribution is 2.41. The van der Waals surface area contributed by atoms with Crippen molar-refractivity contribution in [3.05, 3.63) is 23.4 Å². The first-order valence-electron chi connectivity index (χ1n) is 6.15. The molecule has 0 aromatic carbocycles. The van der Waals surface area contributed by atoms with E-state index in [4.69, 9.17) is 7.10 Å². The highest BCUT2D eigenvalue weighted by molar-refractivity contribution is 5.30. The van der Waals surface area contributed by atoms with Crippen LogP contribution in [-0.2, 0) is 0 Å². The van der Waals surface area contributed by atoms with E-state index in [0.717, 1.165) is 12.1 Å². The Kier molecular flexibility index (Phi) is 2.66. The van der Waals surface area contributed by atoms with Gasteiger partial charge < -0.3 is 5.73 Å². The monoisotopic (exact) mass is 208 g/mol. The molecule has 1 rings (SSSR count). The van der Waals surface area contributed by atoms with Crippen LogP contribution in [0.5, 0.6) is 0 Å². The first-order chi connectivity index (χ1) is 6.96. The molecule has 0 aromatic rings. The van der Waals surface area contributed by atoms with Crippen molar-refractivity contribution in [3.8, 4) is 0 Å². The maximum absolute atomic E-state index is 8.62. The average molecular weight is 208 g/mol. The van der Waals surface area contributed by atoms with Crippen LogP contribution in [0.2, 0.25) is 0 Å². The second kappa shape index (κ2) is 3.70. The molecule has 15 heavy (non-hydrogen) atoms. The molecule has 1 heteroatoms. The molecule has 0 fully saturated rings. The van der Waals surface area contributed by atoms with Gasteiger partial charge in [0, 0.05) is 7.07 Å². The zero-order chi connectivity index (χ0) is 12.8. The van der Waals surface area contributed by atoms with Crippen molar-refractivity contribution < 1.29 is 1.37 Å². The Hall–Kier alpha value is -0.720. The van der Waals surface area contributed by atoms with Crippen molar-refractivity contribution in [2.24, 2.45) is 22.5 Å². The van der Waals surface area contributed by atoms with Gasteiger partial charge in [0.25, 0.3) is 0 Å². The van der Waals surface area contributed by atoms with Crippen molar-refractivity contribution in [2.75, 3.05) is 0 Å². The van der Waals surface area contributed by atoms with Crippen LogP contribution < -0.4 is 5.73 Å². The zero-order valence-electron chi connectivity index (χ0n) is 11.9. The summed E-state index contributed by atoms with van der Waals surface area (Å²) in [4.78, 5) is 0. The number of nitrogens with two attached hydrogens (primary N) is 1. The van der Waals surface area contributed by atoms with E-state index >= 15 is 0 Å². The molecule has 0 amide bonds. The summed E-state index contributed by atoms with van der Waals surface area (Å²) in [5.74, 6) is -0.589. The maximum Gasteiger partial charge on any atom is 0.0355 e. The fourth-order valence-corrected chi connectivity index (χ4v) is 1.71. The third-order valence-electron chi connectivity index (χ3n) is 2.99. The fourth-order valence-electron chi connectivity index (χ4n) is 1.71. The number of hydrogen-bond acceptors (Lipinski definition) is 1. The van der Waals surface area contributed by atoms with E-state index in [1.807, 2.05) is 12.2 Å². The van der Waals surface area contributed by atoms with Gasteiger partial charge in [0.1, 0.15) is 0 Å². The standard InChI is InChI=1S/C14H25N/c1-13(2,3)10-7-11(14(4,5)6)9-12(15)8-10/h8-10H,7,15H2,1-6H3/i10D. The molecule has 1 aliphatic rings. The van der Waals surface area contributed by atoms with E-state index in [0.29, 0.717) is 0 Å². The predicted octanol–water partition coefficient (Wildman–Crippen LogP) is 3.87. The summed E-state index contributed by atoms with van der Waals surface area (Å²) in [6, 6.07) is 0. The Labute approximate surface area is 95.8 Å². The van der Waals surface area contributed by atoms with Gasteiger partial charge in [0.05, 0.1) is 0 Å². The summed E-state index contributed by atoms with van der Waals surface area (Å²) in [5.41, 5.74) is 7.97. The van der Waals surface area contributed by atoms with Crippen LogP contribution in [0, 0.1) is 16.7 Å². The lowest BCUT2D eigenvalue weighted by molar-refractivity contribution is 0.274. The van der Waals surface area contributed by atoms with Gasteiger partial charge >= 0.3 is 0 Å². The normalized spacial score (nSPS) is 29.3. The van der Waals surface area contributed by atoms with E-state index in [-0.39, 0.29) is 10.8 Å². The van der Waals surface area contributed by atoms with Gasteiger partial charge in [-0.3, -0.25) is 0 Å². The van der Waals surface area contributed by atoms with Gasteiger partial charge in [-0.15, -0.1) is 0 Å². The van der Waals surface area contributed by atoms with Gasteiger partial charge in [-0.05, 0) is 29.2 Å². The van der Waals surface area contributed by atoms with Gasteiger partial charge in [-0.1, -0.05) is 53.2 Å². The highest BCUT2D eigenvalue weighted by atomic mass is 14.6. The Morgan fingerprint density at radius 3 is 2.20 bits per heavy atom. The Bertz CT molecular complexity index is 339. The number of allylic oxidation sites excluding steroid dienone is 3. The molecular formula is C14H25N. The lowest BCUT2D eigenvalue weighted by Crippen LogP contribution is -2.26. The summed E-state index contributed by atoms with van der Waals surface area (Å²) in [6.45, 7) is 12.9. The fraction of sp³-hybridized carbons (Fsp3) is 0.714. The van der Waals surface area contributed by atoms with E-state index in [9.17, 15) is 0 Å². The van der Waals surface area contributed by atoms with E-state index in [1.54, 1.807) is 0 Å². The second-order valence-electron chi connectivity index (χ2n) is 6.52. The first-order valence-corrected chi connectivity index (χ1v) is 5.65. The van der Waals surface area contributed by atoms with Crippen molar-refractivity contribution >= 4 is 0 Å². The molecule has 2 N–H and O–H groups in total. The molecule has 1 unspecified atom stereocenters. The average Bonchev–Trinajstić information content (AvgIpc) is 1.98. The van der Waals surface area contributed by atoms with Gasteiger partial charge in [-0.2, -0.15) is 0 Å². The van der Waals surface area contributed by atoms with Crippen LogP contribution in [0.4, 0.5) is 0 Å². The molecule has 0 heterocycles. The van der Waals surface area contributed by atoms with Crippen LogP contribution in [0.25, 0.3) is 0 Å². The molecule has 0 saturated heterocycles. The van der Waals surface area contributed by atoms with E-state index in [2.05, 4.69) is 41.5 Å². The highest BCUT2D eigenvalue weighted by Gasteiger charge is 2.29. The van der Waals surface area contributed by atoms with Gasteiger partial charge in [0.2, 0.25) is 0 Å². The van der Waals surface area contributed by atoms with Crippen LogP contribution in [0.1, 0.15) is 49.3 Å². The minimum atomic E-state index is -0.589. The number of hydrogen-bond donors (Lipinski definition) is 1. The third kappa shape index (κ3) is 3.12. The Balaban J connectivity index is 3.14. The smallest absolute Gasteiger partial charge is 0.0355 e. The van der Waals surface area contributed by atoms with Crippen molar-refractivity contribution in [2.45, 2.75) is 48.0 Å². The van der Waals surface area contributed by atoms with Crippen molar-refractivity contribution in [3.63, 3.8) is 0 Å². The van der Waals surface area contributed by atoms with E-state index < -0.39 is 5.89 Å². The molecule has 1 atom stereocenters. The maximum atomic E-state index is 8.62. The molecule has 0 aromatic heterocycles. The third-order valence-corrected chi connectivity index (χ3v) is 2.99. The predicted molar refractivity (Wildman–Crippen MR) is 67.4 cm³/mol. The molecule has 1 aliphatic carbocycles. The summed E-state index contributed by atoms with van der Waals surface area (Å²) in [5, 5.41) is 0. The molecule has 86 valence electrons. The van der Waals surface area contributed by atoms with Crippen LogP contribution in [0.15, 0.2) is 23.4 Å². The van der Waals surface area contributed by atoms with E-state index in [1.165, 1.54) is 5.57 Å². The van der Waals surface area contributed by atoms with Gasteiger partial charge in [0.15, 0.2) is 0 Å².